The maximum atomic E-state index is 12.0. The molecule has 0 spiro atoms. The minimum absolute atomic E-state index is 0.00853. The van der Waals surface area contributed by atoms with Gasteiger partial charge < -0.3 is 0 Å². The molecule has 0 aromatic rings. The summed E-state index contributed by atoms with van der Waals surface area (Å²) in [6, 6.07) is 0. The summed E-state index contributed by atoms with van der Waals surface area (Å²) >= 11 is 0. The first kappa shape index (κ1) is 12.4. The van der Waals surface area contributed by atoms with Gasteiger partial charge in [-0.3, -0.25) is 14.5 Å². The molecule has 2 unspecified atom stereocenters. The van der Waals surface area contributed by atoms with Crippen molar-refractivity contribution in [3.05, 3.63) is 11.1 Å². The molecule has 0 N–H and O–H groups in total. The second-order valence-electron chi connectivity index (χ2n) is 3.61. The highest BCUT2D eigenvalue weighted by Gasteiger charge is 2.36. The Morgan fingerprint density at radius 2 is 1.93 bits per heavy atom. The lowest BCUT2D eigenvalue weighted by atomic mass is 9.97. The van der Waals surface area contributed by atoms with Gasteiger partial charge in [0.05, 0.1) is 5.66 Å². The lowest BCUT2D eigenvalue weighted by Crippen LogP contribution is -2.47. The van der Waals surface area contributed by atoms with Gasteiger partial charge >= 0.3 is 0 Å². The van der Waals surface area contributed by atoms with E-state index >= 15 is 0 Å². The van der Waals surface area contributed by atoms with Crippen molar-refractivity contribution in [1.82, 2.24) is 4.90 Å². The fraction of sp³-hybridized carbons (Fsp3) is 0.636. The average molecular weight is 227 g/mol. The Bertz CT molecular complexity index is 323. The normalized spacial score (nSPS) is 23.5. The first-order chi connectivity index (χ1) is 7.08. The van der Waals surface area contributed by atoms with Crippen LogP contribution in [-0.2, 0) is 9.59 Å². The van der Waals surface area contributed by atoms with Gasteiger partial charge in [-0.05, 0) is 32.5 Å². The molecule has 84 valence electrons. The predicted molar refractivity (Wildman–Crippen MR) is 63.4 cm³/mol. The monoisotopic (exact) mass is 227 g/mol. The van der Waals surface area contributed by atoms with Crippen LogP contribution in [0.25, 0.3) is 0 Å². The third kappa shape index (κ3) is 1.98. The number of likely N-dealkylation sites (N-methyl/N-ethyl adjacent to an activating group) is 1. The quantitative estimate of drug-likeness (QED) is 0.544. The maximum absolute atomic E-state index is 12.0. The largest absolute Gasteiger partial charge is 0.278 e. The molecule has 1 aliphatic rings. The number of nitrogens with zero attached hydrogens (tertiary/aromatic N) is 1. The topological polar surface area (TPSA) is 37.4 Å². The number of carbonyl (C=O) groups excluding carboxylic acids is 2. The summed E-state index contributed by atoms with van der Waals surface area (Å²) in [4.78, 5) is 25.2. The zero-order chi connectivity index (χ0) is 11.6. The summed E-state index contributed by atoms with van der Waals surface area (Å²) in [6.45, 7) is 8.19. The first-order valence-electron chi connectivity index (χ1n) is 5.31. The van der Waals surface area contributed by atoms with Gasteiger partial charge in [0.2, 0.25) is 5.91 Å². The minimum atomic E-state index is -0.103. The Morgan fingerprint density at radius 3 is 2.33 bits per heavy atom. The molecule has 0 saturated heterocycles. The third-order valence-corrected chi connectivity index (χ3v) is 4.07. The molecule has 0 aromatic heterocycles. The maximum Gasteiger partial charge on any atom is 0.256 e. The molecule has 0 saturated carbocycles. The van der Waals surface area contributed by atoms with Gasteiger partial charge in [-0.2, -0.15) is 0 Å². The van der Waals surface area contributed by atoms with E-state index in [2.05, 4.69) is 0 Å². The number of imide groups is 1. The van der Waals surface area contributed by atoms with Crippen molar-refractivity contribution in [2.45, 2.75) is 32.9 Å². The van der Waals surface area contributed by atoms with Gasteiger partial charge in [-0.25, -0.2) is 0 Å². The van der Waals surface area contributed by atoms with Crippen LogP contribution in [0.5, 0.6) is 0 Å². The van der Waals surface area contributed by atoms with E-state index in [1.165, 1.54) is 4.90 Å². The molecule has 2 atom stereocenters. The summed E-state index contributed by atoms with van der Waals surface area (Å²) in [7, 11) is 0.538. The van der Waals surface area contributed by atoms with Gasteiger partial charge in [0, 0.05) is 12.1 Å². The Balaban J connectivity index is 3.19. The molecule has 2 amide bonds. The van der Waals surface area contributed by atoms with E-state index in [9.17, 15) is 9.59 Å². The predicted octanol–water partition coefficient (Wildman–Crippen LogP) is 1.78. The molecule has 0 aliphatic carbocycles. The van der Waals surface area contributed by atoms with Crippen LogP contribution in [0.1, 0.15) is 27.2 Å². The zero-order valence-corrected chi connectivity index (χ0v) is 10.8. The second-order valence-corrected chi connectivity index (χ2v) is 4.77. The minimum Gasteiger partial charge on any atom is -0.278 e. The molecule has 0 radical (unpaired) electrons. The lowest BCUT2D eigenvalue weighted by Gasteiger charge is -2.32. The molecule has 4 heteroatoms. The molecule has 3 nitrogen and oxygen atoms in total. The fourth-order valence-corrected chi connectivity index (χ4v) is 3.20. The van der Waals surface area contributed by atoms with Crippen LogP contribution in [0.4, 0.5) is 0 Å². The highest BCUT2D eigenvalue weighted by Crippen LogP contribution is 2.33. The molecule has 0 aromatic carbocycles. The van der Waals surface area contributed by atoms with Crippen molar-refractivity contribution >= 4 is 20.4 Å². The Hall–Kier alpha value is -0.690. The van der Waals surface area contributed by atoms with E-state index in [1.807, 2.05) is 27.4 Å². The fourth-order valence-electron chi connectivity index (χ4n) is 2.03. The number of hydrogen-bond acceptors (Lipinski definition) is 2. The number of carbonyl (C=O) groups is 2. The highest BCUT2D eigenvalue weighted by atomic mass is 31.1. The summed E-state index contributed by atoms with van der Waals surface area (Å²) in [6.07, 6.45) is 0.798. The lowest BCUT2D eigenvalue weighted by molar-refractivity contribution is -0.142. The first-order valence-corrected chi connectivity index (χ1v) is 6.88. The van der Waals surface area contributed by atoms with E-state index in [0.717, 1.165) is 17.6 Å². The van der Waals surface area contributed by atoms with E-state index in [1.54, 1.807) is 0 Å². The smallest absolute Gasteiger partial charge is 0.256 e. The van der Waals surface area contributed by atoms with Crippen LogP contribution in [0.15, 0.2) is 11.1 Å². The molecule has 15 heavy (non-hydrogen) atoms. The van der Waals surface area contributed by atoms with Crippen molar-refractivity contribution in [1.29, 1.82) is 0 Å². The molecule has 1 heterocycles. The Kier molecular flexibility index (Phi) is 4.04. The summed E-state index contributed by atoms with van der Waals surface area (Å²) in [5.41, 5.74) is 1.77. The van der Waals surface area contributed by atoms with Crippen LogP contribution < -0.4 is 0 Å². The molecular formula is C11H18NO2P. The molecule has 0 fully saturated rings. The van der Waals surface area contributed by atoms with Crippen molar-refractivity contribution in [2.24, 2.45) is 0 Å². The van der Waals surface area contributed by atoms with E-state index in [-0.39, 0.29) is 17.5 Å². The van der Waals surface area contributed by atoms with Crippen LogP contribution in [-0.4, -0.2) is 35.6 Å². The van der Waals surface area contributed by atoms with Gasteiger partial charge in [-0.1, -0.05) is 6.92 Å². The molecule has 1 rings (SSSR count). The van der Waals surface area contributed by atoms with E-state index in [0.29, 0.717) is 15.1 Å². The average Bonchev–Trinajstić information content (AvgIpc) is 2.23. The SMILES string of the molecule is CCC1=C(C)C(=O)N(CC)C(=O)C1PC. The van der Waals surface area contributed by atoms with E-state index in [4.69, 9.17) is 0 Å². The zero-order valence-electron chi connectivity index (χ0n) is 9.76. The van der Waals surface area contributed by atoms with Gasteiger partial charge in [-0.15, -0.1) is 8.58 Å². The number of hydrogen-bond donors (Lipinski definition) is 0. The van der Waals surface area contributed by atoms with Gasteiger partial charge in [0.15, 0.2) is 0 Å². The van der Waals surface area contributed by atoms with Crippen LogP contribution >= 0.6 is 8.58 Å². The molecular weight excluding hydrogens is 209 g/mol. The number of amides is 2. The third-order valence-electron chi connectivity index (χ3n) is 2.89. The van der Waals surface area contributed by atoms with Crippen molar-refractivity contribution < 1.29 is 9.59 Å². The standard InChI is InChI=1S/C11H18NO2P/c1-5-8-7(3)10(13)12(6-2)11(14)9(8)15-4/h9,15H,5-6H2,1-4H3. The summed E-state index contributed by atoms with van der Waals surface area (Å²) in [5, 5.41) is 0. The molecule has 1 aliphatic heterocycles. The van der Waals surface area contributed by atoms with Crippen LogP contribution in [0.3, 0.4) is 0 Å². The van der Waals surface area contributed by atoms with Crippen molar-refractivity contribution in [3.8, 4) is 0 Å². The highest BCUT2D eigenvalue weighted by molar-refractivity contribution is 7.39. The van der Waals surface area contributed by atoms with Crippen molar-refractivity contribution in [2.75, 3.05) is 13.2 Å². The second kappa shape index (κ2) is 4.89. The van der Waals surface area contributed by atoms with E-state index < -0.39 is 0 Å². The summed E-state index contributed by atoms with van der Waals surface area (Å²) in [5.74, 6) is -0.111. The van der Waals surface area contributed by atoms with Crippen molar-refractivity contribution in [3.63, 3.8) is 0 Å². The van der Waals surface area contributed by atoms with Gasteiger partial charge in [0.1, 0.15) is 0 Å². The van der Waals surface area contributed by atoms with Crippen LogP contribution in [0.2, 0.25) is 0 Å². The van der Waals surface area contributed by atoms with Crippen LogP contribution in [0, 0.1) is 0 Å². The molecule has 0 bridgehead atoms. The Labute approximate surface area is 92.7 Å². The Morgan fingerprint density at radius 1 is 1.33 bits per heavy atom. The number of rotatable bonds is 3. The summed E-state index contributed by atoms with van der Waals surface area (Å²) < 4.78 is 0. The van der Waals surface area contributed by atoms with Gasteiger partial charge in [0.25, 0.3) is 5.91 Å².